The highest BCUT2D eigenvalue weighted by Crippen LogP contribution is 2.59. The first-order chi connectivity index (χ1) is 12.7. The van der Waals surface area contributed by atoms with Gasteiger partial charge in [-0.1, -0.05) is 30.3 Å². The second-order valence-electron chi connectivity index (χ2n) is 6.77. The van der Waals surface area contributed by atoms with Crippen molar-refractivity contribution in [3.8, 4) is 5.75 Å². The van der Waals surface area contributed by atoms with Crippen molar-refractivity contribution in [2.75, 3.05) is 18.8 Å². The Kier molecular flexibility index (Phi) is 4.32. The van der Waals surface area contributed by atoms with Crippen LogP contribution in [0.25, 0.3) is 0 Å². The highest BCUT2D eigenvalue weighted by molar-refractivity contribution is 5.78. The molecule has 0 bridgehead atoms. The van der Waals surface area contributed by atoms with Gasteiger partial charge in [-0.25, -0.2) is 5.06 Å². The zero-order valence-electron chi connectivity index (χ0n) is 15.1. The Morgan fingerprint density at radius 1 is 1.15 bits per heavy atom. The minimum Gasteiger partial charge on any atom is -0.497 e. The van der Waals surface area contributed by atoms with Crippen LogP contribution in [0.4, 0.5) is 5.69 Å². The molecule has 0 radical (unpaired) electrons. The molecule has 2 aromatic rings. The molecule has 136 valence electrons. The first kappa shape index (κ1) is 16.9. The lowest BCUT2D eigenvalue weighted by atomic mass is 9.87. The van der Waals surface area contributed by atoms with Gasteiger partial charge in [0, 0.05) is 0 Å². The first-order valence-electron chi connectivity index (χ1n) is 9.02. The Morgan fingerprint density at radius 3 is 2.42 bits per heavy atom. The summed E-state index contributed by atoms with van der Waals surface area (Å²) in [7, 11) is 1.64. The van der Waals surface area contributed by atoms with Gasteiger partial charge in [-0.15, -0.1) is 0 Å². The molecular formula is C21H23NO4. The van der Waals surface area contributed by atoms with E-state index in [1.54, 1.807) is 7.11 Å². The van der Waals surface area contributed by atoms with E-state index in [2.05, 4.69) is 0 Å². The van der Waals surface area contributed by atoms with Crippen LogP contribution in [-0.2, 0) is 14.4 Å². The molecule has 26 heavy (non-hydrogen) atoms. The molecule has 5 nitrogen and oxygen atoms in total. The van der Waals surface area contributed by atoms with E-state index in [4.69, 9.17) is 14.3 Å². The third kappa shape index (κ3) is 2.82. The monoisotopic (exact) mass is 353 g/mol. The predicted molar refractivity (Wildman–Crippen MR) is 97.8 cm³/mol. The fourth-order valence-corrected chi connectivity index (χ4v) is 3.75. The smallest absolute Gasteiger partial charge is 0.314 e. The number of esters is 1. The van der Waals surface area contributed by atoms with E-state index < -0.39 is 5.60 Å². The van der Waals surface area contributed by atoms with Crippen molar-refractivity contribution in [3.05, 3.63) is 60.2 Å². The zero-order chi connectivity index (χ0) is 18.1. The average Bonchev–Trinajstić information content (AvgIpc) is 3.36. The van der Waals surface area contributed by atoms with Gasteiger partial charge in [0.15, 0.2) is 0 Å². The van der Waals surface area contributed by atoms with E-state index in [1.807, 2.05) is 66.6 Å². The van der Waals surface area contributed by atoms with Crippen molar-refractivity contribution in [2.24, 2.45) is 5.92 Å². The molecule has 1 spiro atoms. The van der Waals surface area contributed by atoms with Crippen LogP contribution < -0.4 is 9.80 Å². The summed E-state index contributed by atoms with van der Waals surface area (Å²) in [5, 5.41) is 1.88. The second-order valence-corrected chi connectivity index (χ2v) is 6.77. The number of anilines is 1. The maximum absolute atomic E-state index is 12.8. The molecule has 1 aliphatic carbocycles. The predicted octanol–water partition coefficient (Wildman–Crippen LogP) is 3.90. The van der Waals surface area contributed by atoms with Gasteiger partial charge < -0.3 is 9.47 Å². The lowest BCUT2D eigenvalue weighted by molar-refractivity contribution is -0.151. The minimum absolute atomic E-state index is 0.185. The standard InChI is InChI=1S/C21H23NO4/c1-3-25-20(23)18-19(15-7-5-4-6-8-15)22(26-21(18)13-14-21)16-9-11-17(24-2)12-10-16/h4-12,18-19H,3,13-14H2,1-2H3. The minimum atomic E-state index is -0.452. The number of hydrogen-bond acceptors (Lipinski definition) is 5. The van der Waals surface area contributed by atoms with E-state index in [0.29, 0.717) is 6.61 Å². The molecule has 2 aliphatic rings. The van der Waals surface area contributed by atoms with Gasteiger partial charge in [0.2, 0.25) is 0 Å². The van der Waals surface area contributed by atoms with Crippen molar-refractivity contribution in [2.45, 2.75) is 31.4 Å². The molecule has 4 rings (SSSR count). The highest BCUT2D eigenvalue weighted by Gasteiger charge is 2.65. The summed E-state index contributed by atoms with van der Waals surface area (Å²) in [6.45, 7) is 2.21. The zero-order valence-corrected chi connectivity index (χ0v) is 15.1. The van der Waals surface area contributed by atoms with Crippen molar-refractivity contribution in [3.63, 3.8) is 0 Å². The van der Waals surface area contributed by atoms with Gasteiger partial charge in [0.05, 0.1) is 25.4 Å². The van der Waals surface area contributed by atoms with E-state index in [0.717, 1.165) is 29.8 Å². The van der Waals surface area contributed by atoms with E-state index in [1.165, 1.54) is 0 Å². The molecule has 1 saturated carbocycles. The number of hydroxylamine groups is 1. The summed E-state index contributed by atoms with van der Waals surface area (Å²) < 4.78 is 10.7. The van der Waals surface area contributed by atoms with Crippen LogP contribution in [0, 0.1) is 5.92 Å². The SMILES string of the molecule is CCOC(=O)C1C(c2ccccc2)N(c2ccc(OC)cc2)OC12CC2. The number of hydrogen-bond donors (Lipinski definition) is 0. The Balaban J connectivity index is 1.75. The van der Waals surface area contributed by atoms with Crippen LogP contribution >= 0.6 is 0 Å². The number of carbonyl (C=O) groups excluding carboxylic acids is 1. The molecular weight excluding hydrogens is 330 g/mol. The number of rotatable bonds is 5. The largest absolute Gasteiger partial charge is 0.497 e. The van der Waals surface area contributed by atoms with Crippen molar-refractivity contribution in [1.29, 1.82) is 0 Å². The summed E-state index contributed by atoms with van der Waals surface area (Å²) in [4.78, 5) is 19.2. The van der Waals surface area contributed by atoms with Crippen molar-refractivity contribution in [1.82, 2.24) is 0 Å². The molecule has 0 aromatic heterocycles. The fourth-order valence-electron chi connectivity index (χ4n) is 3.75. The molecule has 2 aromatic carbocycles. The summed E-state index contributed by atoms with van der Waals surface area (Å²) >= 11 is 0. The summed E-state index contributed by atoms with van der Waals surface area (Å²) in [5.41, 5.74) is 1.50. The third-order valence-electron chi connectivity index (χ3n) is 5.17. The summed E-state index contributed by atoms with van der Waals surface area (Å²) in [5.74, 6) is 0.258. The molecule has 2 atom stereocenters. The molecule has 0 N–H and O–H groups in total. The van der Waals surface area contributed by atoms with Gasteiger partial charge in [0.1, 0.15) is 17.3 Å². The Morgan fingerprint density at radius 2 is 1.85 bits per heavy atom. The molecule has 2 unspecified atom stereocenters. The lowest BCUT2D eigenvalue weighted by Gasteiger charge is -2.27. The van der Waals surface area contributed by atoms with E-state index in [-0.39, 0.29) is 17.9 Å². The van der Waals surface area contributed by atoms with E-state index >= 15 is 0 Å². The molecule has 1 heterocycles. The number of ether oxygens (including phenoxy) is 2. The van der Waals surface area contributed by atoms with Crippen LogP contribution in [0.1, 0.15) is 31.4 Å². The van der Waals surface area contributed by atoms with Crippen LogP contribution in [-0.4, -0.2) is 25.3 Å². The Labute approximate surface area is 153 Å². The molecule has 1 saturated heterocycles. The molecule has 5 heteroatoms. The Hall–Kier alpha value is -2.53. The first-order valence-corrected chi connectivity index (χ1v) is 9.02. The van der Waals surface area contributed by atoms with Crippen LogP contribution in [0.2, 0.25) is 0 Å². The van der Waals surface area contributed by atoms with Crippen LogP contribution in [0.15, 0.2) is 54.6 Å². The van der Waals surface area contributed by atoms with Gasteiger partial charge in [-0.3, -0.25) is 9.63 Å². The maximum Gasteiger partial charge on any atom is 0.314 e. The quantitative estimate of drug-likeness (QED) is 0.763. The van der Waals surface area contributed by atoms with Gasteiger partial charge in [-0.2, -0.15) is 0 Å². The third-order valence-corrected chi connectivity index (χ3v) is 5.17. The maximum atomic E-state index is 12.8. The Bertz CT molecular complexity index is 770. The van der Waals surface area contributed by atoms with Crippen LogP contribution in [0.5, 0.6) is 5.75 Å². The summed E-state index contributed by atoms with van der Waals surface area (Å²) in [6, 6.07) is 17.5. The van der Waals surface area contributed by atoms with Gasteiger partial charge in [-0.05, 0) is 49.6 Å². The molecule has 0 amide bonds. The summed E-state index contributed by atoms with van der Waals surface area (Å²) in [6.07, 6.45) is 1.74. The molecule has 2 fully saturated rings. The number of benzene rings is 2. The van der Waals surface area contributed by atoms with Crippen molar-refractivity contribution < 1.29 is 19.1 Å². The molecule has 1 aliphatic heterocycles. The van der Waals surface area contributed by atoms with Crippen molar-refractivity contribution >= 4 is 11.7 Å². The van der Waals surface area contributed by atoms with Gasteiger partial charge in [0.25, 0.3) is 0 Å². The number of nitrogens with zero attached hydrogens (tertiary/aromatic N) is 1. The van der Waals surface area contributed by atoms with Gasteiger partial charge >= 0.3 is 5.97 Å². The van der Waals surface area contributed by atoms with E-state index in [9.17, 15) is 4.79 Å². The van der Waals surface area contributed by atoms with Crippen LogP contribution in [0.3, 0.4) is 0 Å². The number of methoxy groups -OCH3 is 1. The fraction of sp³-hybridized carbons (Fsp3) is 0.381. The highest BCUT2D eigenvalue weighted by atomic mass is 16.7. The normalized spacial score (nSPS) is 23.1. The second kappa shape index (κ2) is 6.65. The lowest BCUT2D eigenvalue weighted by Crippen LogP contribution is -2.32. The topological polar surface area (TPSA) is 48.0 Å². The average molecular weight is 353 g/mol. The number of carbonyl (C=O) groups is 1.